The second-order valence-electron chi connectivity index (χ2n) is 2.61. The molecule has 1 aliphatic rings. The zero-order valence-corrected chi connectivity index (χ0v) is 6.73. The Morgan fingerprint density at radius 1 is 1.73 bits per heavy atom. The van der Waals surface area contributed by atoms with Crippen LogP contribution < -0.4 is 5.32 Å². The molecule has 1 aliphatic heterocycles. The number of hydrogen-bond acceptors (Lipinski definition) is 3. The molecule has 0 radical (unpaired) electrons. The van der Waals surface area contributed by atoms with E-state index in [1.165, 1.54) is 4.88 Å². The maximum absolute atomic E-state index is 10.8. The maximum atomic E-state index is 10.8. The zero-order chi connectivity index (χ0) is 7.68. The second-order valence-corrected chi connectivity index (χ2v) is 3.53. The number of hydrogen-bond donors (Lipinski definition) is 1. The molecule has 2 heterocycles. The molecule has 1 fully saturated rings. The molecule has 1 N–H and O–H groups in total. The van der Waals surface area contributed by atoms with E-state index < -0.39 is 0 Å². The smallest absolute Gasteiger partial charge is 0.220 e. The first kappa shape index (κ1) is 6.79. The highest BCUT2D eigenvalue weighted by atomic mass is 32.1. The average molecular weight is 168 g/mol. The first-order valence-corrected chi connectivity index (χ1v) is 4.39. The summed E-state index contributed by atoms with van der Waals surface area (Å²) >= 11 is 1.62. The molecule has 3 nitrogen and oxygen atoms in total. The van der Waals surface area contributed by atoms with Gasteiger partial charge in [0.25, 0.3) is 0 Å². The van der Waals surface area contributed by atoms with E-state index in [1.54, 1.807) is 16.8 Å². The highest BCUT2D eigenvalue weighted by molar-refractivity contribution is 7.09. The Balaban J connectivity index is 2.13. The van der Waals surface area contributed by atoms with E-state index in [4.69, 9.17) is 0 Å². The van der Waals surface area contributed by atoms with Gasteiger partial charge in [0.1, 0.15) is 0 Å². The molecular weight excluding hydrogens is 160 g/mol. The minimum absolute atomic E-state index is 0.156. The predicted molar refractivity (Wildman–Crippen MR) is 42.5 cm³/mol. The summed E-state index contributed by atoms with van der Waals surface area (Å²) in [6.07, 6.45) is 2.47. The number of amides is 1. The number of thiazole rings is 1. The van der Waals surface area contributed by atoms with E-state index >= 15 is 0 Å². The summed E-state index contributed by atoms with van der Waals surface area (Å²) in [6, 6.07) is 0. The Bertz CT molecular complexity index is 257. The van der Waals surface area contributed by atoms with Gasteiger partial charge in [0, 0.05) is 30.0 Å². The van der Waals surface area contributed by atoms with Crippen LogP contribution in [0.4, 0.5) is 0 Å². The van der Waals surface area contributed by atoms with E-state index in [0.29, 0.717) is 12.3 Å². The number of carbonyl (C=O) groups is 1. The molecule has 1 saturated heterocycles. The largest absolute Gasteiger partial charge is 0.355 e. The fourth-order valence-electron chi connectivity index (χ4n) is 1.23. The highest BCUT2D eigenvalue weighted by Crippen LogP contribution is 2.25. The van der Waals surface area contributed by atoms with Gasteiger partial charge in [-0.2, -0.15) is 0 Å². The Hall–Kier alpha value is -0.900. The van der Waals surface area contributed by atoms with Gasteiger partial charge in [0.05, 0.1) is 5.51 Å². The molecule has 0 bridgehead atoms. The van der Waals surface area contributed by atoms with Crippen molar-refractivity contribution in [2.24, 2.45) is 0 Å². The van der Waals surface area contributed by atoms with Crippen LogP contribution in [0.2, 0.25) is 0 Å². The lowest BCUT2D eigenvalue weighted by Crippen LogP contribution is -2.13. The number of nitrogens with zero attached hydrogens (tertiary/aromatic N) is 1. The lowest BCUT2D eigenvalue weighted by atomic mass is 10.1. The number of carbonyl (C=O) groups excluding carboxylic acids is 1. The quantitative estimate of drug-likeness (QED) is 0.672. The topological polar surface area (TPSA) is 42.0 Å². The normalized spacial score (nSPS) is 23.6. The molecule has 0 aromatic carbocycles. The minimum Gasteiger partial charge on any atom is -0.355 e. The molecule has 1 atom stereocenters. The average Bonchev–Trinajstić information content (AvgIpc) is 2.55. The van der Waals surface area contributed by atoms with Gasteiger partial charge in [0.15, 0.2) is 0 Å². The molecule has 0 saturated carbocycles. The van der Waals surface area contributed by atoms with Crippen LogP contribution in [0.15, 0.2) is 11.7 Å². The third-order valence-corrected chi connectivity index (χ3v) is 2.77. The van der Waals surface area contributed by atoms with Crippen molar-refractivity contribution in [2.75, 3.05) is 6.54 Å². The van der Waals surface area contributed by atoms with Crippen molar-refractivity contribution in [3.05, 3.63) is 16.6 Å². The summed E-state index contributed by atoms with van der Waals surface area (Å²) < 4.78 is 0. The standard InChI is InChI=1S/C7H8N2OS/c10-7-1-5(2-9-7)6-3-8-4-11-6/h3-5H,1-2H2,(H,9,10)/t5-/m1/s1. The van der Waals surface area contributed by atoms with Gasteiger partial charge in [-0.15, -0.1) is 11.3 Å². The third-order valence-electron chi connectivity index (χ3n) is 1.83. The van der Waals surface area contributed by atoms with Gasteiger partial charge >= 0.3 is 0 Å². The Morgan fingerprint density at radius 2 is 2.64 bits per heavy atom. The summed E-state index contributed by atoms with van der Waals surface area (Å²) in [7, 11) is 0. The molecule has 11 heavy (non-hydrogen) atoms. The molecule has 1 amide bonds. The lowest BCUT2D eigenvalue weighted by molar-refractivity contribution is -0.119. The van der Waals surface area contributed by atoms with Gasteiger partial charge in [-0.1, -0.05) is 0 Å². The zero-order valence-electron chi connectivity index (χ0n) is 5.91. The van der Waals surface area contributed by atoms with Crippen LogP contribution in [-0.4, -0.2) is 17.4 Å². The Kier molecular flexibility index (Phi) is 1.62. The first-order chi connectivity index (χ1) is 5.36. The van der Waals surface area contributed by atoms with Crippen molar-refractivity contribution in [3.63, 3.8) is 0 Å². The number of nitrogens with one attached hydrogen (secondary N) is 1. The summed E-state index contributed by atoms with van der Waals surface area (Å²) in [5.41, 5.74) is 1.80. The van der Waals surface area contributed by atoms with Crippen molar-refractivity contribution in [1.29, 1.82) is 0 Å². The van der Waals surface area contributed by atoms with E-state index in [0.717, 1.165) is 6.54 Å². The lowest BCUT2D eigenvalue weighted by Gasteiger charge is -1.99. The Labute approximate surface area is 68.5 Å². The SMILES string of the molecule is O=C1C[C@@H](c2cncs2)CN1. The molecule has 0 aliphatic carbocycles. The molecule has 2 rings (SSSR count). The van der Waals surface area contributed by atoms with Crippen LogP contribution in [0.1, 0.15) is 17.2 Å². The summed E-state index contributed by atoms with van der Waals surface area (Å²) in [4.78, 5) is 16.0. The van der Waals surface area contributed by atoms with Crippen LogP contribution in [0.25, 0.3) is 0 Å². The van der Waals surface area contributed by atoms with Crippen LogP contribution in [0, 0.1) is 0 Å². The maximum Gasteiger partial charge on any atom is 0.220 e. The molecular formula is C7H8N2OS. The number of rotatable bonds is 1. The molecule has 58 valence electrons. The summed E-state index contributed by atoms with van der Waals surface area (Å²) in [6.45, 7) is 0.779. The fraction of sp³-hybridized carbons (Fsp3) is 0.429. The minimum atomic E-state index is 0.156. The van der Waals surface area contributed by atoms with Gasteiger partial charge in [-0.25, -0.2) is 0 Å². The fourth-order valence-corrected chi connectivity index (χ4v) is 1.96. The van der Waals surface area contributed by atoms with Crippen LogP contribution in [0.3, 0.4) is 0 Å². The number of aromatic nitrogens is 1. The Morgan fingerprint density at radius 3 is 3.18 bits per heavy atom. The van der Waals surface area contributed by atoms with Crippen LogP contribution in [0.5, 0.6) is 0 Å². The van der Waals surface area contributed by atoms with E-state index in [9.17, 15) is 4.79 Å². The highest BCUT2D eigenvalue weighted by Gasteiger charge is 2.23. The van der Waals surface area contributed by atoms with Crippen molar-refractivity contribution in [3.8, 4) is 0 Å². The van der Waals surface area contributed by atoms with Crippen LogP contribution >= 0.6 is 11.3 Å². The van der Waals surface area contributed by atoms with E-state index in [1.807, 2.05) is 6.20 Å². The molecule has 1 aromatic heterocycles. The van der Waals surface area contributed by atoms with Crippen LogP contribution in [-0.2, 0) is 4.79 Å². The van der Waals surface area contributed by atoms with Crippen molar-refractivity contribution in [2.45, 2.75) is 12.3 Å². The van der Waals surface area contributed by atoms with Crippen molar-refractivity contribution < 1.29 is 4.79 Å². The van der Waals surface area contributed by atoms with E-state index in [-0.39, 0.29) is 5.91 Å². The van der Waals surface area contributed by atoms with Gasteiger partial charge < -0.3 is 5.32 Å². The second kappa shape index (κ2) is 2.62. The molecule has 4 heteroatoms. The summed E-state index contributed by atoms with van der Waals surface area (Å²) in [5, 5.41) is 2.80. The molecule has 1 aromatic rings. The van der Waals surface area contributed by atoms with Gasteiger partial charge in [0.2, 0.25) is 5.91 Å². The van der Waals surface area contributed by atoms with Gasteiger partial charge in [-0.05, 0) is 0 Å². The van der Waals surface area contributed by atoms with Crippen molar-refractivity contribution in [1.82, 2.24) is 10.3 Å². The van der Waals surface area contributed by atoms with Crippen molar-refractivity contribution >= 4 is 17.2 Å². The first-order valence-electron chi connectivity index (χ1n) is 3.51. The summed E-state index contributed by atoms with van der Waals surface area (Å²) in [5.74, 6) is 0.526. The van der Waals surface area contributed by atoms with Gasteiger partial charge in [-0.3, -0.25) is 9.78 Å². The predicted octanol–water partition coefficient (Wildman–Crippen LogP) is 0.747. The molecule has 0 unspecified atom stereocenters. The third kappa shape index (κ3) is 1.26. The monoisotopic (exact) mass is 168 g/mol. The van der Waals surface area contributed by atoms with E-state index in [2.05, 4.69) is 10.3 Å². The molecule has 0 spiro atoms.